The van der Waals surface area contributed by atoms with Crippen molar-refractivity contribution in [2.75, 3.05) is 13.7 Å². The van der Waals surface area contributed by atoms with E-state index >= 15 is 0 Å². The molecule has 4 aromatic rings. The zero-order chi connectivity index (χ0) is 50.3. The predicted molar refractivity (Wildman–Crippen MR) is 264 cm³/mol. The van der Waals surface area contributed by atoms with Gasteiger partial charge in [-0.05, 0) is 79.2 Å². The normalized spacial score (nSPS) is 20.0. The highest BCUT2D eigenvalue weighted by molar-refractivity contribution is 7.90. The Kier molecular flexibility index (Phi) is 14.8. The van der Waals surface area contributed by atoms with Gasteiger partial charge in [0.2, 0.25) is 11.8 Å². The number of nitrogens with one attached hydrogen (secondary N) is 3. The number of sulfonamides is 1. The van der Waals surface area contributed by atoms with Gasteiger partial charge in [-0.3, -0.25) is 14.4 Å². The summed E-state index contributed by atoms with van der Waals surface area (Å²) in [4.78, 5) is 64.1. The van der Waals surface area contributed by atoms with Crippen LogP contribution < -0.4 is 24.8 Å². The summed E-state index contributed by atoms with van der Waals surface area (Å²) in [7, 11) is -2.91. The van der Waals surface area contributed by atoms with Crippen LogP contribution in [0.25, 0.3) is 22.2 Å². The summed E-state index contributed by atoms with van der Waals surface area (Å²) >= 11 is 0. The number of rotatable bonds is 15. The zero-order valence-electron chi connectivity index (χ0n) is 41.8. The number of hydrogen-bond donors (Lipinski definition) is 3. The van der Waals surface area contributed by atoms with E-state index in [1.807, 2.05) is 96.1 Å². The smallest absolute Gasteiger partial charge is 0.408 e. The van der Waals surface area contributed by atoms with Crippen molar-refractivity contribution in [3.8, 4) is 22.8 Å². The largest absolute Gasteiger partial charge is 0.497 e. The average molecular weight is 952 g/mol. The predicted octanol–water partition coefficient (Wildman–Crippen LogP) is 9.13. The van der Waals surface area contributed by atoms with Gasteiger partial charge in [0.25, 0.3) is 15.9 Å². The van der Waals surface area contributed by atoms with E-state index in [4.69, 9.17) is 19.2 Å². The van der Waals surface area contributed by atoms with Gasteiger partial charge >= 0.3 is 6.09 Å². The summed E-state index contributed by atoms with van der Waals surface area (Å²) in [6.07, 6.45) is -0.0150. The summed E-state index contributed by atoms with van der Waals surface area (Å²) < 4.78 is 49.3. The van der Waals surface area contributed by atoms with Crippen molar-refractivity contribution in [2.45, 2.75) is 148 Å². The van der Waals surface area contributed by atoms with E-state index in [2.05, 4.69) is 21.9 Å². The van der Waals surface area contributed by atoms with Gasteiger partial charge in [-0.15, -0.1) is 6.58 Å². The Morgan fingerprint density at radius 2 is 1.51 bits per heavy atom. The molecule has 1 aromatic heterocycles. The van der Waals surface area contributed by atoms with E-state index in [1.54, 1.807) is 60.8 Å². The Hall–Kier alpha value is -5.96. The van der Waals surface area contributed by atoms with E-state index in [0.717, 1.165) is 11.1 Å². The Morgan fingerprint density at radius 3 is 2.04 bits per heavy atom. The Morgan fingerprint density at radius 1 is 0.882 bits per heavy atom. The molecular formula is C53H69N5O9S. The van der Waals surface area contributed by atoms with Gasteiger partial charge in [-0.2, -0.15) is 0 Å². The number of nitrogens with zero attached hydrogens (tertiary/aromatic N) is 2. The number of amides is 4. The lowest BCUT2D eigenvalue weighted by atomic mass is 9.85. The van der Waals surface area contributed by atoms with Gasteiger partial charge in [-0.25, -0.2) is 22.9 Å². The molecule has 1 aliphatic heterocycles. The van der Waals surface area contributed by atoms with Crippen molar-refractivity contribution >= 4 is 44.7 Å². The Bertz CT molecular complexity index is 2660. The van der Waals surface area contributed by atoms with Gasteiger partial charge < -0.3 is 29.7 Å². The van der Waals surface area contributed by atoms with Crippen LogP contribution >= 0.6 is 0 Å². The Labute approximate surface area is 402 Å². The third-order valence-corrected chi connectivity index (χ3v) is 14.1. The van der Waals surface area contributed by atoms with Crippen molar-refractivity contribution in [3.05, 3.63) is 96.1 Å². The fourth-order valence-corrected chi connectivity index (χ4v) is 10.5. The molecule has 6 rings (SSSR count). The third kappa shape index (κ3) is 11.1. The first kappa shape index (κ1) is 51.4. The van der Waals surface area contributed by atoms with Crippen molar-refractivity contribution < 1.29 is 41.8 Å². The number of aromatic nitrogens is 1. The molecule has 2 fully saturated rings. The minimum absolute atomic E-state index is 0.0199. The number of methoxy groups -OCH3 is 1. The SMILES string of the molecule is C=C[C@@H]1C[C@]1(NC(=O)[C@@H]1C[C@@H](Oc2cc(-c3ccccc3)nc3cc(OC)ccc23)CN1C(=O)[C@@H](NC(=O)OC(C)(C)C)C(C)(C)C)C(=O)NS(=O)(=O)c1c(C(C)C)cc(C(C)C)cc1C(C)C. The van der Waals surface area contributed by atoms with Crippen LogP contribution in [0.4, 0.5) is 4.79 Å². The van der Waals surface area contributed by atoms with Crippen LogP contribution in [0, 0.1) is 11.3 Å². The lowest BCUT2D eigenvalue weighted by Crippen LogP contribution is -2.60. The molecule has 1 saturated heterocycles. The standard InChI is InChI=1S/C53H69N5O9S/c1-15-35-28-53(35,49(61)57-68(63,64)45-39(31(4)5)23-34(30(2)3)24-40(45)32(6)7)56-47(59)43-26-37(29-58(43)48(60)46(51(8,9)10)55-50(62)67-52(11,12)13)66-44-27-41(33-19-17-16-18-20-33)54-42-25-36(65-14)21-22-38(42)44/h15-25,27,30-32,35,37,43,46H,1,26,28-29H2,2-14H3,(H,55,62)(H,56,59)(H,57,61)/t35-,37-,43+,46-,53-/m1/s1. The van der Waals surface area contributed by atoms with Crippen LogP contribution in [0.1, 0.15) is 130 Å². The number of alkyl carbamates (subject to hydrolysis) is 1. The lowest BCUT2D eigenvalue weighted by molar-refractivity contribution is -0.143. The lowest BCUT2D eigenvalue weighted by Gasteiger charge is -2.36. The first-order valence-corrected chi connectivity index (χ1v) is 24.9. The van der Waals surface area contributed by atoms with Crippen molar-refractivity contribution in [2.24, 2.45) is 11.3 Å². The number of pyridine rings is 1. The highest BCUT2D eigenvalue weighted by atomic mass is 32.2. The fourth-order valence-electron chi connectivity index (χ4n) is 8.75. The quantitative estimate of drug-likeness (QED) is 0.0972. The molecule has 2 heterocycles. The van der Waals surface area contributed by atoms with Gasteiger partial charge in [0.1, 0.15) is 40.8 Å². The fraction of sp³-hybridized carbons (Fsp3) is 0.491. The topological polar surface area (TPSA) is 182 Å². The number of carbonyl (C=O) groups excluding carboxylic acids is 4. The highest BCUT2D eigenvalue weighted by Gasteiger charge is 2.62. The number of likely N-dealkylation sites (tertiary alicyclic amines) is 1. The van der Waals surface area contributed by atoms with Crippen molar-refractivity contribution in [3.63, 3.8) is 0 Å². The van der Waals surface area contributed by atoms with Crippen molar-refractivity contribution in [1.29, 1.82) is 0 Å². The second kappa shape index (κ2) is 19.6. The third-order valence-electron chi connectivity index (χ3n) is 12.6. The summed E-state index contributed by atoms with van der Waals surface area (Å²) in [5.41, 5.74) is 0.799. The van der Waals surface area contributed by atoms with Crippen LogP contribution in [-0.2, 0) is 29.1 Å². The first-order chi connectivity index (χ1) is 31.7. The molecule has 3 aromatic carbocycles. The molecule has 15 heteroatoms. The maximum atomic E-state index is 15.0. The molecule has 0 unspecified atom stereocenters. The Balaban J connectivity index is 1.38. The van der Waals surface area contributed by atoms with Crippen LogP contribution in [-0.4, -0.2) is 85.1 Å². The van der Waals surface area contributed by atoms with E-state index in [1.165, 1.54) is 11.0 Å². The van der Waals surface area contributed by atoms with Crippen LogP contribution in [0.3, 0.4) is 0 Å². The molecule has 14 nitrogen and oxygen atoms in total. The second-order valence-electron chi connectivity index (χ2n) is 21.1. The minimum atomic E-state index is -4.48. The van der Waals surface area contributed by atoms with E-state index < -0.39 is 74.5 Å². The van der Waals surface area contributed by atoms with E-state index in [-0.39, 0.29) is 42.0 Å². The van der Waals surface area contributed by atoms with Gasteiger partial charge in [0.05, 0.1) is 29.8 Å². The summed E-state index contributed by atoms with van der Waals surface area (Å²) in [5, 5.41) is 6.32. The summed E-state index contributed by atoms with van der Waals surface area (Å²) in [6.45, 7) is 26.1. The van der Waals surface area contributed by atoms with E-state index in [9.17, 15) is 27.6 Å². The van der Waals surface area contributed by atoms with Gasteiger partial charge in [0.15, 0.2) is 0 Å². The van der Waals surface area contributed by atoms with Crippen LogP contribution in [0.5, 0.6) is 11.5 Å². The highest BCUT2D eigenvalue weighted by Crippen LogP contribution is 2.46. The summed E-state index contributed by atoms with van der Waals surface area (Å²) in [6, 6.07) is 18.2. The molecule has 5 atom stereocenters. The molecule has 366 valence electrons. The molecule has 1 saturated carbocycles. The van der Waals surface area contributed by atoms with Crippen LogP contribution in [0.15, 0.2) is 84.3 Å². The molecule has 68 heavy (non-hydrogen) atoms. The summed E-state index contributed by atoms with van der Waals surface area (Å²) in [5.74, 6) is -2.02. The molecule has 3 N–H and O–H groups in total. The molecular weight excluding hydrogens is 883 g/mol. The second-order valence-corrected chi connectivity index (χ2v) is 22.7. The first-order valence-electron chi connectivity index (χ1n) is 23.4. The number of carbonyl (C=O) groups is 4. The number of benzene rings is 3. The molecule has 0 bridgehead atoms. The monoisotopic (exact) mass is 951 g/mol. The van der Waals surface area contributed by atoms with E-state index in [0.29, 0.717) is 39.2 Å². The average Bonchev–Trinajstić information content (AvgIpc) is 3.82. The molecule has 1 aliphatic carbocycles. The van der Waals surface area contributed by atoms with Gasteiger partial charge in [-0.1, -0.05) is 111 Å². The zero-order valence-corrected chi connectivity index (χ0v) is 42.6. The van der Waals surface area contributed by atoms with Crippen molar-refractivity contribution in [1.82, 2.24) is 25.2 Å². The maximum absolute atomic E-state index is 15.0. The molecule has 0 spiro atoms. The maximum Gasteiger partial charge on any atom is 0.408 e. The molecule has 2 aliphatic rings. The minimum Gasteiger partial charge on any atom is -0.497 e. The number of fused-ring (bicyclic) bond motifs is 1. The van der Waals surface area contributed by atoms with Crippen LogP contribution in [0.2, 0.25) is 0 Å². The number of ether oxygens (including phenoxy) is 3. The van der Waals surface area contributed by atoms with Gasteiger partial charge in [0, 0.05) is 35.4 Å². The molecule has 0 radical (unpaired) electrons. The number of hydrogen-bond acceptors (Lipinski definition) is 10. The molecule has 4 amide bonds.